The maximum Gasteiger partial charge on any atom is 0.237 e. The molecule has 0 bridgehead atoms. The van der Waals surface area contributed by atoms with Crippen molar-refractivity contribution in [2.24, 2.45) is 5.92 Å². The van der Waals surface area contributed by atoms with Crippen LogP contribution in [-0.2, 0) is 9.53 Å². The second kappa shape index (κ2) is 7.63. The predicted molar refractivity (Wildman–Crippen MR) is 64.3 cm³/mol. The molecule has 2 N–H and O–H groups in total. The third-order valence-corrected chi connectivity index (χ3v) is 3.23. The van der Waals surface area contributed by atoms with Crippen LogP contribution >= 0.6 is 0 Å². The smallest absolute Gasteiger partial charge is 0.237 e. The predicted octanol–water partition coefficient (Wildman–Crippen LogP) is 0.917. The molecular weight excluding hydrogens is 204 g/mol. The molecule has 1 amide bonds. The van der Waals surface area contributed by atoms with E-state index in [4.69, 9.17) is 4.74 Å². The minimum Gasteiger partial charge on any atom is -0.385 e. The zero-order valence-corrected chi connectivity index (χ0v) is 10.4. The molecule has 0 aromatic heterocycles. The van der Waals surface area contributed by atoms with Crippen molar-refractivity contribution in [2.75, 3.05) is 26.8 Å². The van der Waals surface area contributed by atoms with Crippen molar-refractivity contribution in [3.8, 4) is 0 Å². The molecule has 0 spiro atoms. The first-order chi connectivity index (χ1) is 7.77. The van der Waals surface area contributed by atoms with Crippen LogP contribution in [0.2, 0.25) is 0 Å². The summed E-state index contributed by atoms with van der Waals surface area (Å²) in [6, 6.07) is 0.0150. The second-order valence-corrected chi connectivity index (χ2v) is 4.44. The van der Waals surface area contributed by atoms with E-state index in [2.05, 4.69) is 17.6 Å². The van der Waals surface area contributed by atoms with Gasteiger partial charge in [-0.3, -0.25) is 4.79 Å². The Bertz CT molecular complexity index is 209. The standard InChI is InChI=1S/C12H24N2O2/c1-3-10-5-7-13-11(9-10)12(15)14-6-4-8-16-2/h10-11,13H,3-9H2,1-2H3,(H,14,15). The number of carbonyl (C=O) groups is 1. The average Bonchev–Trinajstić information content (AvgIpc) is 2.34. The number of piperidine rings is 1. The highest BCUT2D eigenvalue weighted by molar-refractivity contribution is 5.81. The summed E-state index contributed by atoms with van der Waals surface area (Å²) in [5, 5.41) is 6.23. The van der Waals surface area contributed by atoms with E-state index in [0.29, 0.717) is 19.1 Å². The first kappa shape index (κ1) is 13.5. The SMILES string of the molecule is CCC1CCNC(C(=O)NCCCOC)C1. The van der Waals surface area contributed by atoms with Gasteiger partial charge in [-0.05, 0) is 31.7 Å². The Balaban J connectivity index is 2.19. The lowest BCUT2D eigenvalue weighted by Gasteiger charge is -2.28. The Kier molecular flexibility index (Phi) is 6.42. The maximum atomic E-state index is 11.8. The zero-order valence-electron chi connectivity index (χ0n) is 10.4. The largest absolute Gasteiger partial charge is 0.385 e. The van der Waals surface area contributed by atoms with Crippen molar-refractivity contribution in [3.05, 3.63) is 0 Å². The van der Waals surface area contributed by atoms with Crippen molar-refractivity contribution in [2.45, 2.75) is 38.6 Å². The fraction of sp³-hybridized carbons (Fsp3) is 0.917. The number of amides is 1. The molecule has 0 radical (unpaired) electrons. The van der Waals surface area contributed by atoms with Crippen molar-refractivity contribution in [3.63, 3.8) is 0 Å². The first-order valence-electron chi connectivity index (χ1n) is 6.28. The summed E-state index contributed by atoms with van der Waals surface area (Å²) in [5.74, 6) is 0.852. The number of hydrogen-bond donors (Lipinski definition) is 2. The summed E-state index contributed by atoms with van der Waals surface area (Å²) in [7, 11) is 1.68. The molecule has 16 heavy (non-hydrogen) atoms. The van der Waals surface area contributed by atoms with Gasteiger partial charge in [0.1, 0.15) is 0 Å². The van der Waals surface area contributed by atoms with Gasteiger partial charge < -0.3 is 15.4 Å². The van der Waals surface area contributed by atoms with Crippen molar-refractivity contribution < 1.29 is 9.53 Å². The van der Waals surface area contributed by atoms with Gasteiger partial charge in [-0.15, -0.1) is 0 Å². The molecule has 0 aliphatic carbocycles. The molecule has 94 valence electrons. The first-order valence-corrected chi connectivity index (χ1v) is 6.28. The van der Waals surface area contributed by atoms with Crippen molar-refractivity contribution >= 4 is 5.91 Å². The number of hydrogen-bond acceptors (Lipinski definition) is 3. The van der Waals surface area contributed by atoms with Gasteiger partial charge in [0.25, 0.3) is 0 Å². The monoisotopic (exact) mass is 228 g/mol. The molecule has 2 unspecified atom stereocenters. The third-order valence-electron chi connectivity index (χ3n) is 3.23. The van der Waals surface area contributed by atoms with Gasteiger partial charge in [0.15, 0.2) is 0 Å². The Labute approximate surface area is 98.1 Å². The highest BCUT2D eigenvalue weighted by Gasteiger charge is 2.25. The molecule has 0 aromatic rings. The molecule has 1 aliphatic heterocycles. The normalized spacial score (nSPS) is 25.4. The minimum atomic E-state index is 0.0150. The van der Waals surface area contributed by atoms with Crippen molar-refractivity contribution in [1.82, 2.24) is 10.6 Å². The van der Waals surface area contributed by atoms with E-state index in [0.717, 1.165) is 19.4 Å². The Morgan fingerprint density at radius 3 is 3.06 bits per heavy atom. The van der Waals surface area contributed by atoms with Crippen LogP contribution < -0.4 is 10.6 Å². The van der Waals surface area contributed by atoms with Crippen LogP contribution in [0, 0.1) is 5.92 Å². The van der Waals surface area contributed by atoms with Crippen LogP contribution in [0.1, 0.15) is 32.6 Å². The summed E-state index contributed by atoms with van der Waals surface area (Å²) >= 11 is 0. The number of ether oxygens (including phenoxy) is 1. The van der Waals surface area contributed by atoms with Gasteiger partial charge in [-0.2, -0.15) is 0 Å². The van der Waals surface area contributed by atoms with Crippen LogP contribution in [0.25, 0.3) is 0 Å². The number of nitrogens with one attached hydrogen (secondary N) is 2. The number of carbonyl (C=O) groups excluding carboxylic acids is 1. The van der Waals surface area contributed by atoms with E-state index in [1.165, 1.54) is 12.8 Å². The van der Waals surface area contributed by atoms with Gasteiger partial charge >= 0.3 is 0 Å². The Morgan fingerprint density at radius 1 is 1.56 bits per heavy atom. The minimum absolute atomic E-state index is 0.0150. The van der Waals surface area contributed by atoms with E-state index in [1.807, 2.05) is 0 Å². The van der Waals surface area contributed by atoms with Gasteiger partial charge in [-0.1, -0.05) is 13.3 Å². The third kappa shape index (κ3) is 4.49. The number of methoxy groups -OCH3 is 1. The zero-order chi connectivity index (χ0) is 11.8. The highest BCUT2D eigenvalue weighted by Crippen LogP contribution is 2.19. The fourth-order valence-corrected chi connectivity index (χ4v) is 2.12. The van der Waals surface area contributed by atoms with Gasteiger partial charge in [0.05, 0.1) is 6.04 Å². The van der Waals surface area contributed by atoms with E-state index in [9.17, 15) is 4.79 Å². The summed E-state index contributed by atoms with van der Waals surface area (Å²) in [6.45, 7) is 4.58. The van der Waals surface area contributed by atoms with Gasteiger partial charge in [-0.25, -0.2) is 0 Å². The molecule has 2 atom stereocenters. The average molecular weight is 228 g/mol. The molecule has 1 aliphatic rings. The number of rotatable bonds is 6. The Hall–Kier alpha value is -0.610. The lowest BCUT2D eigenvalue weighted by atomic mass is 9.90. The van der Waals surface area contributed by atoms with E-state index >= 15 is 0 Å². The summed E-state index contributed by atoms with van der Waals surface area (Å²) in [4.78, 5) is 11.8. The lowest BCUT2D eigenvalue weighted by molar-refractivity contribution is -0.124. The summed E-state index contributed by atoms with van der Waals surface area (Å²) in [5.41, 5.74) is 0. The summed E-state index contributed by atoms with van der Waals surface area (Å²) in [6.07, 6.45) is 4.23. The molecule has 1 rings (SSSR count). The lowest BCUT2D eigenvalue weighted by Crippen LogP contribution is -2.48. The highest BCUT2D eigenvalue weighted by atomic mass is 16.5. The van der Waals surface area contributed by atoms with Crippen LogP contribution in [0.5, 0.6) is 0 Å². The van der Waals surface area contributed by atoms with Crippen LogP contribution in [-0.4, -0.2) is 38.8 Å². The van der Waals surface area contributed by atoms with E-state index in [-0.39, 0.29) is 11.9 Å². The van der Waals surface area contributed by atoms with Crippen LogP contribution in [0.15, 0.2) is 0 Å². The van der Waals surface area contributed by atoms with E-state index < -0.39 is 0 Å². The van der Waals surface area contributed by atoms with Crippen LogP contribution in [0.4, 0.5) is 0 Å². The molecule has 0 saturated carbocycles. The molecule has 1 fully saturated rings. The van der Waals surface area contributed by atoms with Crippen LogP contribution in [0.3, 0.4) is 0 Å². The molecule has 0 aromatic carbocycles. The van der Waals surface area contributed by atoms with E-state index in [1.54, 1.807) is 7.11 Å². The molecular formula is C12H24N2O2. The molecule has 4 nitrogen and oxygen atoms in total. The Morgan fingerprint density at radius 2 is 2.38 bits per heavy atom. The summed E-state index contributed by atoms with van der Waals surface area (Å²) < 4.78 is 4.94. The van der Waals surface area contributed by atoms with Gasteiger partial charge in [0, 0.05) is 20.3 Å². The molecule has 4 heteroatoms. The van der Waals surface area contributed by atoms with Gasteiger partial charge in [0.2, 0.25) is 5.91 Å². The fourth-order valence-electron chi connectivity index (χ4n) is 2.12. The molecule has 1 saturated heterocycles. The molecule has 1 heterocycles. The topological polar surface area (TPSA) is 50.4 Å². The maximum absolute atomic E-state index is 11.8. The second-order valence-electron chi connectivity index (χ2n) is 4.44. The quantitative estimate of drug-likeness (QED) is 0.665. The van der Waals surface area contributed by atoms with Crippen molar-refractivity contribution in [1.29, 1.82) is 0 Å².